The Morgan fingerprint density at radius 1 is 1.40 bits per heavy atom. The smallest absolute Gasteiger partial charge is 0.225 e. The van der Waals surface area contributed by atoms with Crippen LogP contribution in [0.1, 0.15) is 29.6 Å². The molecule has 0 radical (unpaired) electrons. The maximum atomic E-state index is 11.2. The second-order valence-electron chi connectivity index (χ2n) is 5.82. The van der Waals surface area contributed by atoms with Gasteiger partial charge < -0.3 is 10.5 Å². The molecular weight excluding hydrogens is 338 g/mol. The number of thiophene rings is 1. The molecule has 3 aromatic rings. The molecule has 1 atom stereocenters. The molecule has 1 aliphatic rings. The Morgan fingerprint density at radius 2 is 2.32 bits per heavy atom. The summed E-state index contributed by atoms with van der Waals surface area (Å²) >= 11 is 1.64. The van der Waals surface area contributed by atoms with Crippen LogP contribution in [0.15, 0.2) is 36.7 Å². The van der Waals surface area contributed by atoms with Gasteiger partial charge in [-0.1, -0.05) is 0 Å². The van der Waals surface area contributed by atoms with Crippen molar-refractivity contribution in [3.8, 4) is 16.4 Å². The molecule has 1 fully saturated rings. The van der Waals surface area contributed by atoms with E-state index in [0.29, 0.717) is 11.6 Å². The number of pyridine rings is 1. The fourth-order valence-corrected chi connectivity index (χ4v) is 3.92. The van der Waals surface area contributed by atoms with Gasteiger partial charge in [0.1, 0.15) is 0 Å². The van der Waals surface area contributed by atoms with E-state index < -0.39 is 5.91 Å². The molecule has 1 unspecified atom stereocenters. The van der Waals surface area contributed by atoms with Gasteiger partial charge in [0, 0.05) is 17.7 Å². The van der Waals surface area contributed by atoms with Gasteiger partial charge in [0.05, 0.1) is 29.3 Å². The quantitative estimate of drug-likeness (QED) is 0.757. The molecule has 3 aromatic heterocycles. The van der Waals surface area contributed by atoms with E-state index in [4.69, 9.17) is 10.5 Å². The largest absolute Gasteiger partial charge is 0.373 e. The lowest BCUT2D eigenvalue weighted by Crippen LogP contribution is -2.14. The van der Waals surface area contributed by atoms with Gasteiger partial charge in [-0.15, -0.1) is 11.3 Å². The molecule has 4 heterocycles. The topological polar surface area (TPSA) is 95.9 Å². The van der Waals surface area contributed by atoms with Crippen LogP contribution < -0.4 is 5.73 Å². The van der Waals surface area contributed by atoms with Gasteiger partial charge >= 0.3 is 0 Å². The van der Waals surface area contributed by atoms with Crippen LogP contribution in [0.2, 0.25) is 0 Å². The Kier molecular flexibility index (Phi) is 4.29. The van der Waals surface area contributed by atoms with Crippen molar-refractivity contribution >= 4 is 17.2 Å². The molecular formula is C17H17N5O2S. The first kappa shape index (κ1) is 15.9. The molecule has 4 rings (SSSR count). The minimum atomic E-state index is -0.457. The van der Waals surface area contributed by atoms with Crippen LogP contribution in [0.5, 0.6) is 0 Å². The summed E-state index contributed by atoms with van der Waals surface area (Å²) in [4.78, 5) is 22.1. The van der Waals surface area contributed by atoms with E-state index in [-0.39, 0.29) is 12.5 Å². The van der Waals surface area contributed by atoms with Crippen molar-refractivity contribution in [3.63, 3.8) is 0 Å². The minimum absolute atomic E-state index is 0.00420. The second-order valence-corrected chi connectivity index (χ2v) is 6.94. The van der Waals surface area contributed by atoms with Gasteiger partial charge in [-0.2, -0.15) is 5.10 Å². The van der Waals surface area contributed by atoms with Crippen molar-refractivity contribution < 1.29 is 9.53 Å². The van der Waals surface area contributed by atoms with E-state index in [1.54, 1.807) is 28.4 Å². The molecule has 2 N–H and O–H groups in total. The number of primary amides is 1. The normalized spacial score (nSPS) is 17.0. The summed E-state index contributed by atoms with van der Waals surface area (Å²) in [5, 5.41) is 4.44. The van der Waals surface area contributed by atoms with Crippen LogP contribution in [0.25, 0.3) is 16.4 Å². The zero-order valence-electron chi connectivity index (χ0n) is 13.5. The van der Waals surface area contributed by atoms with Crippen LogP contribution in [-0.4, -0.2) is 32.3 Å². The van der Waals surface area contributed by atoms with Gasteiger partial charge in [-0.3, -0.25) is 9.78 Å². The van der Waals surface area contributed by atoms with E-state index >= 15 is 0 Å². The Balaban J connectivity index is 1.74. The highest BCUT2D eigenvalue weighted by Gasteiger charge is 2.22. The van der Waals surface area contributed by atoms with Crippen LogP contribution in [0.4, 0.5) is 0 Å². The lowest BCUT2D eigenvalue weighted by atomic mass is 10.2. The Bertz CT molecular complexity index is 884. The molecule has 7 nitrogen and oxygen atoms in total. The third kappa shape index (κ3) is 3.31. The van der Waals surface area contributed by atoms with Gasteiger partial charge in [0.2, 0.25) is 5.91 Å². The van der Waals surface area contributed by atoms with E-state index in [9.17, 15) is 4.79 Å². The standard InChI is InChI=1S/C17H17N5O2S/c18-15(23)9-16-20-17(22(21-16)11-3-1-7-19-10-11)14-6-5-13(25-14)12-4-2-8-24-12/h1,3,5-7,10,12H,2,4,8-9H2,(H2,18,23). The summed E-state index contributed by atoms with van der Waals surface area (Å²) in [6.07, 6.45) is 5.71. The maximum Gasteiger partial charge on any atom is 0.225 e. The average Bonchev–Trinajstić information content (AvgIpc) is 3.35. The van der Waals surface area contributed by atoms with Crippen LogP contribution >= 0.6 is 11.3 Å². The Hall–Kier alpha value is -2.58. The second kappa shape index (κ2) is 6.73. The molecule has 25 heavy (non-hydrogen) atoms. The highest BCUT2D eigenvalue weighted by atomic mass is 32.1. The number of aromatic nitrogens is 4. The first-order valence-electron chi connectivity index (χ1n) is 8.07. The van der Waals surface area contributed by atoms with Crippen molar-refractivity contribution in [2.24, 2.45) is 5.73 Å². The lowest BCUT2D eigenvalue weighted by molar-refractivity contribution is -0.117. The van der Waals surface area contributed by atoms with E-state index in [0.717, 1.165) is 30.0 Å². The Morgan fingerprint density at radius 3 is 3.04 bits per heavy atom. The molecule has 0 saturated carbocycles. The molecule has 0 aromatic carbocycles. The Labute approximate surface area is 148 Å². The van der Waals surface area contributed by atoms with E-state index in [2.05, 4.69) is 21.1 Å². The molecule has 0 bridgehead atoms. The van der Waals surface area contributed by atoms with Crippen molar-refractivity contribution in [2.75, 3.05) is 6.61 Å². The van der Waals surface area contributed by atoms with Gasteiger partial charge in [0.15, 0.2) is 11.6 Å². The highest BCUT2D eigenvalue weighted by molar-refractivity contribution is 7.15. The first-order chi connectivity index (χ1) is 12.2. The fraction of sp³-hybridized carbons (Fsp3) is 0.294. The SMILES string of the molecule is NC(=O)Cc1nc(-c2ccc(C3CCCO3)s2)n(-c2cccnc2)n1. The zero-order valence-corrected chi connectivity index (χ0v) is 14.3. The predicted octanol–water partition coefficient (Wildman–Crippen LogP) is 2.27. The van der Waals surface area contributed by atoms with Crippen LogP contribution in [-0.2, 0) is 16.0 Å². The van der Waals surface area contributed by atoms with Gasteiger partial charge in [-0.25, -0.2) is 9.67 Å². The lowest BCUT2D eigenvalue weighted by Gasteiger charge is -2.05. The third-order valence-corrected chi connectivity index (χ3v) is 5.14. The van der Waals surface area contributed by atoms with E-state index in [1.807, 2.05) is 18.2 Å². The van der Waals surface area contributed by atoms with Crippen LogP contribution in [0.3, 0.4) is 0 Å². The molecule has 0 spiro atoms. The molecule has 1 aliphatic heterocycles. The molecule has 1 amide bonds. The van der Waals surface area contributed by atoms with Crippen LogP contribution in [0, 0.1) is 0 Å². The molecule has 128 valence electrons. The summed E-state index contributed by atoms with van der Waals surface area (Å²) in [5.41, 5.74) is 6.08. The minimum Gasteiger partial charge on any atom is -0.373 e. The first-order valence-corrected chi connectivity index (χ1v) is 8.89. The van der Waals surface area contributed by atoms with E-state index in [1.165, 1.54) is 4.88 Å². The summed E-state index contributed by atoms with van der Waals surface area (Å²) in [6, 6.07) is 7.83. The number of nitrogens with two attached hydrogens (primary N) is 1. The number of carbonyl (C=O) groups excluding carboxylic acids is 1. The summed E-state index contributed by atoms with van der Waals surface area (Å²) in [5.74, 6) is 0.623. The summed E-state index contributed by atoms with van der Waals surface area (Å²) < 4.78 is 7.46. The number of amides is 1. The highest BCUT2D eigenvalue weighted by Crippen LogP contribution is 2.37. The number of carbonyl (C=O) groups is 1. The van der Waals surface area contributed by atoms with Crippen molar-refractivity contribution in [1.29, 1.82) is 0 Å². The number of nitrogens with zero attached hydrogens (tertiary/aromatic N) is 4. The van der Waals surface area contributed by atoms with Gasteiger partial charge in [0.25, 0.3) is 0 Å². The summed E-state index contributed by atoms with van der Waals surface area (Å²) in [6.45, 7) is 0.812. The number of rotatable bonds is 5. The monoisotopic (exact) mass is 355 g/mol. The van der Waals surface area contributed by atoms with Gasteiger partial charge in [-0.05, 0) is 37.1 Å². The van der Waals surface area contributed by atoms with Crippen molar-refractivity contribution in [1.82, 2.24) is 19.7 Å². The molecule has 8 heteroatoms. The third-order valence-electron chi connectivity index (χ3n) is 3.97. The average molecular weight is 355 g/mol. The zero-order chi connectivity index (χ0) is 17.2. The number of hydrogen-bond donors (Lipinski definition) is 1. The number of ether oxygens (including phenoxy) is 1. The van der Waals surface area contributed by atoms with Crippen molar-refractivity contribution in [2.45, 2.75) is 25.4 Å². The van der Waals surface area contributed by atoms with Crippen molar-refractivity contribution in [3.05, 3.63) is 47.4 Å². The number of hydrogen-bond acceptors (Lipinski definition) is 6. The molecule has 0 aliphatic carbocycles. The predicted molar refractivity (Wildman–Crippen MR) is 93.3 cm³/mol. The fourth-order valence-electron chi connectivity index (χ4n) is 2.85. The summed E-state index contributed by atoms with van der Waals surface area (Å²) in [7, 11) is 0. The molecule has 1 saturated heterocycles. The maximum absolute atomic E-state index is 11.2.